The number of fused-ring (bicyclic) bond motifs is 1. The maximum atomic E-state index is 13.3. The molecule has 174 valence electrons. The third kappa shape index (κ3) is 4.59. The van der Waals surface area contributed by atoms with E-state index in [0.29, 0.717) is 23.2 Å². The van der Waals surface area contributed by atoms with Gasteiger partial charge in [-0.25, -0.2) is 9.97 Å². The van der Waals surface area contributed by atoms with E-state index in [1.165, 1.54) is 0 Å². The van der Waals surface area contributed by atoms with E-state index in [9.17, 15) is 9.59 Å². The van der Waals surface area contributed by atoms with Crippen LogP contribution in [0.4, 0.5) is 17.2 Å². The molecule has 0 spiro atoms. The topological polar surface area (TPSA) is 99.6 Å². The maximum Gasteiger partial charge on any atom is 0.250 e. The number of aryl methyl sites for hydroxylation is 1. The molecule has 0 aliphatic carbocycles. The number of carbonyl (C=O) groups is 2. The molecule has 2 aliphatic rings. The van der Waals surface area contributed by atoms with Crippen LogP contribution in [0.2, 0.25) is 0 Å². The van der Waals surface area contributed by atoms with Crippen molar-refractivity contribution in [2.45, 2.75) is 25.8 Å². The van der Waals surface area contributed by atoms with Gasteiger partial charge in [-0.05, 0) is 44.2 Å². The van der Waals surface area contributed by atoms with Crippen molar-refractivity contribution in [1.82, 2.24) is 14.9 Å². The van der Waals surface area contributed by atoms with Crippen molar-refractivity contribution in [2.75, 3.05) is 10.6 Å². The predicted octanol–water partition coefficient (Wildman–Crippen LogP) is 4.61. The van der Waals surface area contributed by atoms with Crippen LogP contribution in [-0.2, 0) is 9.59 Å². The fourth-order valence-corrected chi connectivity index (χ4v) is 4.16. The summed E-state index contributed by atoms with van der Waals surface area (Å²) in [5.74, 6) is 1.15. The molecular weight excluding hydrogens is 440 g/mol. The van der Waals surface area contributed by atoms with Crippen LogP contribution in [0.25, 0.3) is 11.3 Å². The van der Waals surface area contributed by atoms with E-state index in [4.69, 9.17) is 0 Å². The Labute approximate surface area is 203 Å². The Morgan fingerprint density at radius 3 is 2.63 bits per heavy atom. The Balaban J connectivity index is 1.36. The van der Waals surface area contributed by atoms with Gasteiger partial charge >= 0.3 is 0 Å². The summed E-state index contributed by atoms with van der Waals surface area (Å²) in [5, 5.41) is 6.27. The van der Waals surface area contributed by atoms with Crippen LogP contribution in [-0.4, -0.2) is 38.1 Å². The molecule has 2 aromatic carbocycles. The lowest BCUT2D eigenvalue weighted by Crippen LogP contribution is -2.58. The first kappa shape index (κ1) is 22.2. The fourth-order valence-electron chi connectivity index (χ4n) is 4.16. The number of allylic oxidation sites excluding steroid dienone is 2. The van der Waals surface area contributed by atoms with Gasteiger partial charge in [0.25, 0.3) is 11.8 Å². The zero-order valence-electron chi connectivity index (χ0n) is 19.4. The Kier molecular flexibility index (Phi) is 5.70. The van der Waals surface area contributed by atoms with Gasteiger partial charge in [0, 0.05) is 29.2 Å². The zero-order chi connectivity index (χ0) is 24.4. The number of carbonyl (C=O) groups excluding carboxylic acids is 2. The van der Waals surface area contributed by atoms with Crippen LogP contribution in [0.15, 0.2) is 90.1 Å². The van der Waals surface area contributed by atoms with E-state index < -0.39 is 5.54 Å². The van der Waals surface area contributed by atoms with Gasteiger partial charge in [-0.15, -0.1) is 0 Å². The lowest BCUT2D eigenvalue weighted by molar-refractivity contribution is -0.130. The van der Waals surface area contributed by atoms with Crippen molar-refractivity contribution in [1.29, 1.82) is 0 Å². The number of rotatable bonds is 5. The lowest BCUT2D eigenvalue weighted by Gasteiger charge is -2.41. The molecule has 0 radical (unpaired) electrons. The lowest BCUT2D eigenvalue weighted by atomic mass is 9.91. The van der Waals surface area contributed by atoms with E-state index in [1.807, 2.05) is 67.6 Å². The van der Waals surface area contributed by atoms with Gasteiger partial charge in [0.15, 0.2) is 0 Å². The molecule has 0 fully saturated rings. The largest absolute Gasteiger partial charge is 0.340 e. The molecule has 8 heteroatoms. The summed E-state index contributed by atoms with van der Waals surface area (Å²) in [6, 6.07) is 19.2. The molecular formula is C27H24N6O2. The number of anilines is 3. The molecule has 1 aromatic heterocycles. The van der Waals surface area contributed by atoms with Crippen LogP contribution in [0.5, 0.6) is 0 Å². The summed E-state index contributed by atoms with van der Waals surface area (Å²) < 4.78 is 0. The summed E-state index contributed by atoms with van der Waals surface area (Å²) in [5.41, 5.74) is 2.09. The third-order valence-corrected chi connectivity index (χ3v) is 5.89. The number of aromatic nitrogens is 2. The van der Waals surface area contributed by atoms with Gasteiger partial charge in [-0.2, -0.15) is 4.99 Å². The van der Waals surface area contributed by atoms with Gasteiger partial charge in [-0.1, -0.05) is 42.5 Å². The first-order chi connectivity index (χ1) is 16.9. The minimum Gasteiger partial charge on any atom is -0.340 e. The minimum atomic E-state index is -1.09. The van der Waals surface area contributed by atoms with E-state index in [-0.39, 0.29) is 18.2 Å². The number of benzene rings is 2. The number of nitrogens with one attached hydrogen (secondary N) is 2. The van der Waals surface area contributed by atoms with Crippen molar-refractivity contribution in [3.8, 4) is 11.3 Å². The third-order valence-electron chi connectivity index (χ3n) is 5.89. The SMILES string of the molecule is Cc1nc(Nc2cccc(NC(=O)C3(C)CC(=O)N=C4C=CC=CN43)c2)cc(-c2ccccc2)n1. The number of hydrogen-bond acceptors (Lipinski definition) is 6. The van der Waals surface area contributed by atoms with E-state index in [2.05, 4.69) is 25.6 Å². The summed E-state index contributed by atoms with van der Waals surface area (Å²) in [6.07, 6.45) is 7.09. The highest BCUT2D eigenvalue weighted by molar-refractivity contribution is 6.12. The van der Waals surface area contributed by atoms with Crippen molar-refractivity contribution in [3.05, 3.63) is 90.9 Å². The molecule has 1 unspecified atom stereocenters. The second kappa shape index (κ2) is 8.98. The summed E-state index contributed by atoms with van der Waals surface area (Å²) in [4.78, 5) is 40.4. The molecule has 1 atom stereocenters. The van der Waals surface area contributed by atoms with E-state index in [0.717, 1.165) is 16.9 Å². The molecule has 0 bridgehead atoms. The summed E-state index contributed by atoms with van der Waals surface area (Å²) in [6.45, 7) is 3.59. The molecule has 3 heterocycles. The number of hydrogen-bond donors (Lipinski definition) is 2. The number of amidine groups is 1. The second-order valence-electron chi connectivity index (χ2n) is 8.60. The average molecular weight is 465 g/mol. The average Bonchev–Trinajstić information content (AvgIpc) is 2.84. The van der Waals surface area contributed by atoms with Crippen molar-refractivity contribution in [2.24, 2.45) is 4.99 Å². The highest BCUT2D eigenvalue weighted by Crippen LogP contribution is 2.30. The van der Waals surface area contributed by atoms with Crippen molar-refractivity contribution < 1.29 is 9.59 Å². The minimum absolute atomic E-state index is 0.0130. The predicted molar refractivity (Wildman–Crippen MR) is 136 cm³/mol. The van der Waals surface area contributed by atoms with Crippen LogP contribution in [0, 0.1) is 6.92 Å². The highest BCUT2D eigenvalue weighted by Gasteiger charge is 2.45. The zero-order valence-corrected chi connectivity index (χ0v) is 19.4. The molecule has 2 aliphatic heterocycles. The fraction of sp³-hybridized carbons (Fsp3) is 0.148. The number of aliphatic imine (C=N–C) groups is 1. The first-order valence-electron chi connectivity index (χ1n) is 11.3. The standard InChI is InChI=1S/C27H24N6O2/c1-18-28-22(19-9-4-3-5-10-19)16-23(29-18)30-20-11-8-12-21(15-20)31-26(35)27(2)17-25(34)32-24-13-6-7-14-33(24)27/h3-16H,17H2,1-2H3,(H,31,35)(H,28,29,30). The molecule has 3 aromatic rings. The molecule has 0 saturated heterocycles. The smallest absolute Gasteiger partial charge is 0.250 e. The van der Waals surface area contributed by atoms with Crippen molar-refractivity contribution >= 4 is 34.8 Å². The normalized spacial score (nSPS) is 18.6. The van der Waals surface area contributed by atoms with E-state index >= 15 is 0 Å². The molecule has 2 amide bonds. The van der Waals surface area contributed by atoms with Gasteiger partial charge < -0.3 is 15.5 Å². The quantitative estimate of drug-likeness (QED) is 0.572. The molecule has 5 rings (SSSR count). The molecule has 0 saturated carbocycles. The maximum absolute atomic E-state index is 13.3. The van der Waals surface area contributed by atoms with Gasteiger partial charge in [0.1, 0.15) is 23.0 Å². The number of amides is 2. The Bertz CT molecular complexity index is 1400. The van der Waals surface area contributed by atoms with Gasteiger partial charge in [0.05, 0.1) is 12.1 Å². The second-order valence-corrected chi connectivity index (χ2v) is 8.60. The molecule has 35 heavy (non-hydrogen) atoms. The Morgan fingerprint density at radius 2 is 1.80 bits per heavy atom. The Morgan fingerprint density at radius 1 is 1.00 bits per heavy atom. The van der Waals surface area contributed by atoms with Crippen LogP contribution < -0.4 is 10.6 Å². The van der Waals surface area contributed by atoms with Crippen molar-refractivity contribution in [3.63, 3.8) is 0 Å². The summed E-state index contributed by atoms with van der Waals surface area (Å²) in [7, 11) is 0. The summed E-state index contributed by atoms with van der Waals surface area (Å²) >= 11 is 0. The van der Waals surface area contributed by atoms with Gasteiger partial charge in [0.2, 0.25) is 0 Å². The van der Waals surface area contributed by atoms with Crippen LogP contribution >= 0.6 is 0 Å². The number of nitrogens with zero attached hydrogens (tertiary/aromatic N) is 4. The Hall–Kier alpha value is -4.59. The first-order valence-corrected chi connectivity index (χ1v) is 11.3. The van der Waals surface area contributed by atoms with Crippen LogP contribution in [0.3, 0.4) is 0 Å². The molecule has 2 N–H and O–H groups in total. The molecule has 8 nitrogen and oxygen atoms in total. The highest BCUT2D eigenvalue weighted by atomic mass is 16.2. The van der Waals surface area contributed by atoms with E-state index in [1.54, 1.807) is 36.2 Å². The monoisotopic (exact) mass is 464 g/mol. The van der Waals surface area contributed by atoms with Crippen LogP contribution in [0.1, 0.15) is 19.2 Å². The van der Waals surface area contributed by atoms with Gasteiger partial charge in [-0.3, -0.25) is 9.59 Å².